The molecule has 2 rings (SSSR count). The van der Waals surface area contributed by atoms with Crippen molar-refractivity contribution >= 4 is 17.2 Å². The summed E-state index contributed by atoms with van der Waals surface area (Å²) in [4.78, 5) is 3.51. The lowest BCUT2D eigenvalue weighted by Gasteiger charge is -2.13. The van der Waals surface area contributed by atoms with Gasteiger partial charge in [-0.1, -0.05) is 6.07 Å². The third kappa shape index (κ3) is 2.93. The largest absolute Gasteiger partial charge is 0.506 e. The Bertz CT molecular complexity index is 641. The fourth-order valence-electron chi connectivity index (χ4n) is 1.63. The molecule has 4 nitrogen and oxygen atoms in total. The molecule has 0 saturated heterocycles. The maximum absolute atomic E-state index is 12.6. The predicted octanol–water partition coefficient (Wildman–Crippen LogP) is 3.44. The SMILES string of the molecule is Cc1ccc(O)c(Nc2cc(C(F)(F)F)cnc2N)c1. The lowest BCUT2D eigenvalue weighted by atomic mass is 10.2. The van der Waals surface area contributed by atoms with Crippen molar-refractivity contribution < 1.29 is 18.3 Å². The highest BCUT2D eigenvalue weighted by atomic mass is 19.4. The predicted molar refractivity (Wildman–Crippen MR) is 69.8 cm³/mol. The standard InChI is InChI=1S/C13H12F3N3O/c1-7-2-3-11(20)9(4-7)19-10-5-8(13(14,15)16)6-18-12(10)17/h2-6,19-20H,1H3,(H2,17,18). The summed E-state index contributed by atoms with van der Waals surface area (Å²) in [6.07, 6.45) is -3.84. The van der Waals surface area contributed by atoms with E-state index in [2.05, 4.69) is 10.3 Å². The van der Waals surface area contributed by atoms with E-state index in [1.165, 1.54) is 6.07 Å². The number of phenols is 1. The van der Waals surface area contributed by atoms with Gasteiger partial charge in [0, 0.05) is 6.20 Å². The molecule has 0 unspecified atom stereocenters. The zero-order chi connectivity index (χ0) is 14.9. The average molecular weight is 283 g/mol. The molecule has 0 amide bonds. The van der Waals surface area contributed by atoms with Crippen LogP contribution in [0, 0.1) is 6.92 Å². The van der Waals surface area contributed by atoms with E-state index in [1.54, 1.807) is 19.1 Å². The number of hydrogen-bond donors (Lipinski definition) is 3. The van der Waals surface area contributed by atoms with Crippen LogP contribution in [0.25, 0.3) is 0 Å². The Morgan fingerprint density at radius 2 is 1.90 bits per heavy atom. The molecule has 4 N–H and O–H groups in total. The number of nitrogens with one attached hydrogen (secondary N) is 1. The number of rotatable bonds is 2. The van der Waals surface area contributed by atoms with Crippen LogP contribution >= 0.6 is 0 Å². The molecule has 2 aromatic rings. The normalized spacial score (nSPS) is 11.4. The van der Waals surface area contributed by atoms with Crippen LogP contribution in [0.2, 0.25) is 0 Å². The van der Waals surface area contributed by atoms with E-state index in [1.807, 2.05) is 0 Å². The molecule has 1 heterocycles. The van der Waals surface area contributed by atoms with Crippen LogP contribution < -0.4 is 11.1 Å². The maximum Gasteiger partial charge on any atom is 0.417 e. The number of anilines is 3. The molecule has 1 aromatic carbocycles. The van der Waals surface area contributed by atoms with E-state index in [9.17, 15) is 18.3 Å². The number of hydrogen-bond acceptors (Lipinski definition) is 4. The minimum absolute atomic E-state index is 0.0132. The van der Waals surface area contributed by atoms with Gasteiger partial charge in [0.2, 0.25) is 0 Å². The number of aromatic nitrogens is 1. The van der Waals surface area contributed by atoms with Crippen LogP contribution in [-0.4, -0.2) is 10.1 Å². The monoisotopic (exact) mass is 283 g/mol. The van der Waals surface area contributed by atoms with Crippen molar-refractivity contribution in [1.29, 1.82) is 0 Å². The molecule has 0 aliphatic carbocycles. The van der Waals surface area contributed by atoms with Gasteiger partial charge in [0.25, 0.3) is 0 Å². The molecule has 0 saturated carbocycles. The fraction of sp³-hybridized carbons (Fsp3) is 0.154. The molecule has 0 atom stereocenters. The summed E-state index contributed by atoms with van der Waals surface area (Å²) in [5.74, 6) is -0.175. The van der Waals surface area contributed by atoms with E-state index >= 15 is 0 Å². The number of nitrogens with two attached hydrogens (primary N) is 1. The topological polar surface area (TPSA) is 71.2 Å². The van der Waals surface area contributed by atoms with Gasteiger partial charge in [-0.3, -0.25) is 0 Å². The molecule has 106 valence electrons. The van der Waals surface area contributed by atoms with Crippen molar-refractivity contribution in [2.24, 2.45) is 0 Å². The molecule has 1 aromatic heterocycles. The first-order chi connectivity index (χ1) is 9.27. The van der Waals surface area contributed by atoms with Crippen molar-refractivity contribution in [3.63, 3.8) is 0 Å². The van der Waals surface area contributed by atoms with Crippen LogP contribution in [0.4, 0.5) is 30.4 Å². The fourth-order valence-corrected chi connectivity index (χ4v) is 1.63. The Morgan fingerprint density at radius 3 is 2.55 bits per heavy atom. The van der Waals surface area contributed by atoms with Crippen LogP contribution in [0.1, 0.15) is 11.1 Å². The first-order valence-corrected chi connectivity index (χ1v) is 5.67. The van der Waals surface area contributed by atoms with Crippen molar-refractivity contribution in [3.8, 4) is 5.75 Å². The number of benzene rings is 1. The van der Waals surface area contributed by atoms with Crippen molar-refractivity contribution in [2.75, 3.05) is 11.1 Å². The molecule has 0 radical (unpaired) electrons. The van der Waals surface area contributed by atoms with Crippen LogP contribution in [0.15, 0.2) is 30.5 Å². The smallest absolute Gasteiger partial charge is 0.417 e. The second-order valence-electron chi connectivity index (χ2n) is 4.30. The summed E-state index contributed by atoms with van der Waals surface area (Å²) in [5, 5.41) is 12.3. The number of alkyl halides is 3. The highest BCUT2D eigenvalue weighted by Crippen LogP contribution is 2.34. The Kier molecular flexibility index (Phi) is 3.44. The highest BCUT2D eigenvalue weighted by molar-refractivity contribution is 5.73. The summed E-state index contributed by atoms with van der Waals surface area (Å²) in [5.41, 5.74) is 5.72. The Balaban J connectivity index is 2.40. The van der Waals surface area contributed by atoms with Crippen molar-refractivity contribution in [2.45, 2.75) is 13.1 Å². The van der Waals surface area contributed by atoms with Gasteiger partial charge in [0.1, 0.15) is 11.6 Å². The molecule has 0 aliphatic heterocycles. The van der Waals surface area contributed by atoms with Crippen LogP contribution in [0.3, 0.4) is 0 Å². The number of nitrogen functional groups attached to an aromatic ring is 1. The van der Waals surface area contributed by atoms with Gasteiger partial charge in [-0.05, 0) is 30.7 Å². The van der Waals surface area contributed by atoms with Crippen LogP contribution in [0.5, 0.6) is 5.75 Å². The van der Waals surface area contributed by atoms with Gasteiger partial charge < -0.3 is 16.2 Å². The first-order valence-electron chi connectivity index (χ1n) is 5.67. The first kappa shape index (κ1) is 14.0. The number of phenolic OH excluding ortho intramolecular Hbond substituents is 1. The third-order valence-corrected chi connectivity index (χ3v) is 2.67. The minimum Gasteiger partial charge on any atom is -0.506 e. The summed E-state index contributed by atoms with van der Waals surface area (Å²) in [6, 6.07) is 5.56. The highest BCUT2D eigenvalue weighted by Gasteiger charge is 2.31. The second kappa shape index (κ2) is 4.92. The van der Waals surface area contributed by atoms with E-state index in [-0.39, 0.29) is 22.9 Å². The van der Waals surface area contributed by atoms with Gasteiger partial charge in [-0.25, -0.2) is 4.98 Å². The molecular weight excluding hydrogens is 271 g/mol. The number of aryl methyl sites for hydroxylation is 1. The molecule has 20 heavy (non-hydrogen) atoms. The zero-order valence-electron chi connectivity index (χ0n) is 10.5. The summed E-state index contributed by atoms with van der Waals surface area (Å²) in [7, 11) is 0. The molecule has 0 aliphatic rings. The van der Waals surface area contributed by atoms with E-state index in [0.29, 0.717) is 6.20 Å². The second-order valence-corrected chi connectivity index (χ2v) is 4.30. The molecule has 0 fully saturated rings. The van der Waals surface area contributed by atoms with Gasteiger partial charge in [-0.2, -0.15) is 13.2 Å². The maximum atomic E-state index is 12.6. The average Bonchev–Trinajstić information content (AvgIpc) is 2.35. The third-order valence-electron chi connectivity index (χ3n) is 2.67. The van der Waals surface area contributed by atoms with Crippen molar-refractivity contribution in [3.05, 3.63) is 41.6 Å². The number of aromatic hydroxyl groups is 1. The molecular formula is C13H12F3N3O. The summed E-state index contributed by atoms with van der Waals surface area (Å²) >= 11 is 0. The van der Waals surface area contributed by atoms with E-state index in [0.717, 1.165) is 11.6 Å². The van der Waals surface area contributed by atoms with Crippen molar-refractivity contribution in [1.82, 2.24) is 4.98 Å². The quantitative estimate of drug-likeness (QED) is 0.738. The van der Waals surface area contributed by atoms with Gasteiger partial charge in [0.15, 0.2) is 0 Å². The summed E-state index contributed by atoms with van der Waals surface area (Å²) < 4.78 is 37.9. The van der Waals surface area contributed by atoms with Gasteiger partial charge in [0.05, 0.1) is 16.9 Å². The van der Waals surface area contributed by atoms with E-state index in [4.69, 9.17) is 5.73 Å². The Hall–Kier alpha value is -2.44. The van der Waals surface area contributed by atoms with Crippen LogP contribution in [-0.2, 0) is 6.18 Å². The number of nitrogens with zero attached hydrogens (tertiary/aromatic N) is 1. The number of pyridine rings is 1. The Labute approximate surface area is 113 Å². The van der Waals surface area contributed by atoms with Gasteiger partial charge in [-0.15, -0.1) is 0 Å². The Morgan fingerprint density at radius 1 is 1.20 bits per heavy atom. The molecule has 7 heteroatoms. The minimum atomic E-state index is -4.51. The lowest BCUT2D eigenvalue weighted by Crippen LogP contribution is -2.08. The summed E-state index contributed by atoms with van der Waals surface area (Å²) in [6.45, 7) is 1.79. The lowest BCUT2D eigenvalue weighted by molar-refractivity contribution is -0.137. The number of halogens is 3. The van der Waals surface area contributed by atoms with Gasteiger partial charge >= 0.3 is 6.18 Å². The molecule has 0 bridgehead atoms. The zero-order valence-corrected chi connectivity index (χ0v) is 10.5. The molecule has 0 spiro atoms. The van der Waals surface area contributed by atoms with E-state index < -0.39 is 11.7 Å².